The molecule has 2 heterocycles. The predicted octanol–water partition coefficient (Wildman–Crippen LogP) is 3.90. The number of nitrogens with zero attached hydrogens (tertiary/aromatic N) is 4. The fourth-order valence-corrected chi connectivity index (χ4v) is 4.13. The standard InChI is InChI=1S/C24H22FN5O3S/c1-29(20-12-6-4-10-18(20)23(32)26-14-16-8-7-13-33-16)21(31)15-34-24-28-27-22(30(24)2)17-9-3-5-11-19(17)25/h3-13H,14-15H2,1-2H3,(H,26,32). The maximum atomic E-state index is 14.1. The van der Waals surface area contributed by atoms with Crippen molar-refractivity contribution in [1.82, 2.24) is 20.1 Å². The monoisotopic (exact) mass is 479 g/mol. The second-order valence-corrected chi connectivity index (χ2v) is 8.31. The summed E-state index contributed by atoms with van der Waals surface area (Å²) in [6, 6.07) is 16.7. The van der Waals surface area contributed by atoms with E-state index in [1.165, 1.54) is 29.0 Å². The minimum atomic E-state index is -0.396. The zero-order chi connectivity index (χ0) is 24.1. The molecule has 2 aromatic carbocycles. The number of carbonyl (C=O) groups excluding carboxylic acids is 2. The van der Waals surface area contributed by atoms with Crippen molar-refractivity contribution < 1.29 is 18.4 Å². The van der Waals surface area contributed by atoms with Gasteiger partial charge in [-0.1, -0.05) is 36.0 Å². The lowest BCUT2D eigenvalue weighted by Gasteiger charge is -2.20. The van der Waals surface area contributed by atoms with Crippen molar-refractivity contribution in [2.24, 2.45) is 7.05 Å². The number of para-hydroxylation sites is 1. The number of hydrogen-bond acceptors (Lipinski definition) is 6. The minimum absolute atomic E-state index is 0.0576. The second kappa shape index (κ2) is 10.3. The van der Waals surface area contributed by atoms with Crippen molar-refractivity contribution in [2.75, 3.05) is 17.7 Å². The fourth-order valence-electron chi connectivity index (χ4n) is 3.31. The van der Waals surface area contributed by atoms with Gasteiger partial charge >= 0.3 is 0 Å². The molecule has 0 spiro atoms. The summed E-state index contributed by atoms with van der Waals surface area (Å²) in [5.41, 5.74) is 1.19. The summed E-state index contributed by atoms with van der Waals surface area (Å²) in [6.07, 6.45) is 1.54. The number of thioether (sulfide) groups is 1. The van der Waals surface area contributed by atoms with E-state index in [2.05, 4.69) is 15.5 Å². The molecule has 0 bridgehead atoms. The molecule has 4 rings (SSSR count). The Balaban J connectivity index is 1.43. The summed E-state index contributed by atoms with van der Waals surface area (Å²) in [5.74, 6) is 0.119. The molecule has 0 saturated carbocycles. The zero-order valence-corrected chi connectivity index (χ0v) is 19.4. The lowest BCUT2D eigenvalue weighted by atomic mass is 10.1. The number of aromatic nitrogens is 3. The topological polar surface area (TPSA) is 93.3 Å². The van der Waals surface area contributed by atoms with Crippen molar-refractivity contribution in [1.29, 1.82) is 0 Å². The number of furan rings is 1. The second-order valence-electron chi connectivity index (χ2n) is 7.37. The van der Waals surface area contributed by atoms with Gasteiger partial charge in [0.25, 0.3) is 5.91 Å². The van der Waals surface area contributed by atoms with Crippen LogP contribution in [0.5, 0.6) is 0 Å². The number of nitrogens with one attached hydrogen (secondary N) is 1. The molecule has 0 saturated heterocycles. The predicted molar refractivity (Wildman–Crippen MR) is 127 cm³/mol. The van der Waals surface area contributed by atoms with Crippen molar-refractivity contribution in [3.63, 3.8) is 0 Å². The Bertz CT molecular complexity index is 1310. The maximum absolute atomic E-state index is 14.1. The molecule has 34 heavy (non-hydrogen) atoms. The average molecular weight is 480 g/mol. The molecule has 0 radical (unpaired) electrons. The number of hydrogen-bond donors (Lipinski definition) is 1. The Morgan fingerprint density at radius 1 is 1.09 bits per heavy atom. The summed E-state index contributed by atoms with van der Waals surface area (Å²) in [4.78, 5) is 27.1. The van der Waals surface area contributed by atoms with E-state index in [1.807, 2.05) is 0 Å². The summed E-state index contributed by atoms with van der Waals surface area (Å²) < 4.78 is 21.0. The highest BCUT2D eigenvalue weighted by Gasteiger charge is 2.20. The van der Waals surface area contributed by atoms with Crippen LogP contribution < -0.4 is 10.2 Å². The maximum Gasteiger partial charge on any atom is 0.253 e. The van der Waals surface area contributed by atoms with Crippen molar-refractivity contribution in [3.05, 3.63) is 84.1 Å². The van der Waals surface area contributed by atoms with Gasteiger partial charge in [0.2, 0.25) is 5.91 Å². The summed E-state index contributed by atoms with van der Waals surface area (Å²) in [7, 11) is 3.33. The summed E-state index contributed by atoms with van der Waals surface area (Å²) >= 11 is 1.19. The highest BCUT2D eigenvalue weighted by atomic mass is 32.2. The smallest absolute Gasteiger partial charge is 0.253 e. The van der Waals surface area contributed by atoms with Gasteiger partial charge in [-0.25, -0.2) is 4.39 Å². The van der Waals surface area contributed by atoms with Crippen LogP contribution in [0.4, 0.5) is 10.1 Å². The van der Waals surface area contributed by atoms with Crippen LogP contribution in [0.15, 0.2) is 76.5 Å². The number of rotatable bonds is 8. The molecule has 0 atom stereocenters. The molecule has 0 aliphatic heterocycles. The number of amides is 2. The number of anilines is 1. The van der Waals surface area contributed by atoms with Gasteiger partial charge < -0.3 is 19.2 Å². The molecule has 8 nitrogen and oxygen atoms in total. The molecular weight excluding hydrogens is 457 g/mol. The highest BCUT2D eigenvalue weighted by molar-refractivity contribution is 7.99. The molecule has 2 aromatic heterocycles. The molecular formula is C24H22FN5O3S. The van der Waals surface area contributed by atoms with Crippen LogP contribution in [0.1, 0.15) is 16.1 Å². The first-order valence-electron chi connectivity index (χ1n) is 10.4. The number of benzene rings is 2. The third-order valence-electron chi connectivity index (χ3n) is 5.16. The van der Waals surface area contributed by atoms with Crippen LogP contribution in [0.2, 0.25) is 0 Å². The van der Waals surface area contributed by atoms with E-state index in [4.69, 9.17) is 4.42 Å². The normalized spacial score (nSPS) is 10.8. The molecule has 174 valence electrons. The van der Waals surface area contributed by atoms with Crippen LogP contribution >= 0.6 is 11.8 Å². The largest absolute Gasteiger partial charge is 0.467 e. The van der Waals surface area contributed by atoms with Crippen LogP contribution in [0.3, 0.4) is 0 Å². The molecule has 0 aliphatic carbocycles. The van der Waals surface area contributed by atoms with Crippen LogP contribution in [-0.2, 0) is 18.4 Å². The Labute approximate surface area is 199 Å². The SMILES string of the molecule is CN(C(=O)CSc1nnc(-c2ccccc2F)n1C)c1ccccc1C(=O)NCc1ccco1. The van der Waals surface area contributed by atoms with E-state index in [9.17, 15) is 14.0 Å². The molecule has 1 N–H and O–H groups in total. The van der Waals surface area contributed by atoms with Crippen LogP contribution in [0.25, 0.3) is 11.4 Å². The first kappa shape index (κ1) is 23.2. The van der Waals surface area contributed by atoms with E-state index in [1.54, 1.807) is 73.3 Å². The minimum Gasteiger partial charge on any atom is -0.467 e. The van der Waals surface area contributed by atoms with Crippen molar-refractivity contribution in [3.8, 4) is 11.4 Å². The molecule has 10 heteroatoms. The van der Waals surface area contributed by atoms with Crippen LogP contribution in [-0.4, -0.2) is 39.4 Å². The lowest BCUT2D eigenvalue weighted by molar-refractivity contribution is -0.115. The average Bonchev–Trinajstić information content (AvgIpc) is 3.50. The number of halogens is 1. The first-order chi connectivity index (χ1) is 16.5. The van der Waals surface area contributed by atoms with Crippen LogP contribution in [0, 0.1) is 5.82 Å². The quantitative estimate of drug-likeness (QED) is 0.385. The molecule has 4 aromatic rings. The van der Waals surface area contributed by atoms with Crippen molar-refractivity contribution in [2.45, 2.75) is 11.7 Å². The lowest BCUT2D eigenvalue weighted by Crippen LogP contribution is -2.31. The van der Waals surface area contributed by atoms with Gasteiger partial charge in [0.05, 0.1) is 35.4 Å². The number of carbonyl (C=O) groups is 2. The Kier molecular flexibility index (Phi) is 7.07. The van der Waals surface area contributed by atoms with E-state index in [0.29, 0.717) is 33.6 Å². The van der Waals surface area contributed by atoms with Gasteiger partial charge in [-0.3, -0.25) is 9.59 Å². The summed E-state index contributed by atoms with van der Waals surface area (Å²) in [6.45, 7) is 0.240. The van der Waals surface area contributed by atoms with Gasteiger partial charge in [0, 0.05) is 14.1 Å². The molecule has 0 aliphatic rings. The highest BCUT2D eigenvalue weighted by Crippen LogP contribution is 2.26. The van der Waals surface area contributed by atoms with E-state index in [-0.39, 0.29) is 24.1 Å². The van der Waals surface area contributed by atoms with E-state index in [0.717, 1.165) is 0 Å². The zero-order valence-electron chi connectivity index (χ0n) is 18.6. The van der Waals surface area contributed by atoms with Gasteiger partial charge in [0.15, 0.2) is 11.0 Å². The van der Waals surface area contributed by atoms with Gasteiger partial charge in [0.1, 0.15) is 11.6 Å². The fraction of sp³-hybridized carbons (Fsp3) is 0.167. The third-order valence-corrected chi connectivity index (χ3v) is 6.17. The van der Waals surface area contributed by atoms with Crippen molar-refractivity contribution >= 4 is 29.3 Å². The Morgan fingerprint density at radius 2 is 1.85 bits per heavy atom. The Morgan fingerprint density at radius 3 is 2.62 bits per heavy atom. The van der Waals surface area contributed by atoms with Gasteiger partial charge in [-0.05, 0) is 36.4 Å². The Hall–Kier alpha value is -3.92. The van der Waals surface area contributed by atoms with E-state index < -0.39 is 5.82 Å². The van der Waals surface area contributed by atoms with Gasteiger partial charge in [-0.15, -0.1) is 10.2 Å². The van der Waals surface area contributed by atoms with E-state index >= 15 is 0 Å². The summed E-state index contributed by atoms with van der Waals surface area (Å²) in [5, 5.41) is 11.4. The van der Waals surface area contributed by atoms with Gasteiger partial charge in [-0.2, -0.15) is 0 Å². The first-order valence-corrected chi connectivity index (χ1v) is 11.4. The third kappa shape index (κ3) is 5.01. The molecule has 0 unspecified atom stereocenters. The molecule has 2 amide bonds. The molecule has 0 fully saturated rings.